The molecule has 4 rings (SSSR count). The molecule has 236 valence electrons. The van der Waals surface area contributed by atoms with Gasteiger partial charge in [0.15, 0.2) is 11.5 Å². The maximum absolute atomic E-state index is 14.4. The quantitative estimate of drug-likeness (QED) is 0.221. The molecule has 0 unspecified atom stereocenters. The molecule has 0 aliphatic heterocycles. The van der Waals surface area contributed by atoms with Crippen LogP contribution in [0.2, 0.25) is 0 Å². The zero-order valence-electron chi connectivity index (χ0n) is 25.7. The van der Waals surface area contributed by atoms with E-state index in [1.54, 1.807) is 55.6 Å². The van der Waals surface area contributed by atoms with E-state index in [1.165, 1.54) is 44.4 Å². The molecule has 0 aliphatic rings. The molecule has 10 nitrogen and oxygen atoms in total. The van der Waals surface area contributed by atoms with Crippen LogP contribution in [-0.2, 0) is 32.6 Å². The third-order valence-electron chi connectivity index (χ3n) is 7.27. The number of hydrogen-bond donors (Lipinski definition) is 1. The summed E-state index contributed by atoms with van der Waals surface area (Å²) >= 11 is 0. The number of likely N-dealkylation sites (N-methyl/N-ethyl adjacent to an activating group) is 1. The zero-order valence-corrected chi connectivity index (χ0v) is 26.5. The maximum Gasteiger partial charge on any atom is 0.264 e. The number of methoxy groups -OCH3 is 3. The topological polar surface area (TPSA) is 114 Å². The lowest BCUT2D eigenvalue weighted by Gasteiger charge is -2.33. The van der Waals surface area contributed by atoms with Crippen molar-refractivity contribution in [3.63, 3.8) is 0 Å². The normalized spacial score (nSPS) is 11.6. The molecule has 45 heavy (non-hydrogen) atoms. The van der Waals surface area contributed by atoms with Crippen molar-refractivity contribution >= 4 is 27.5 Å². The minimum absolute atomic E-state index is 0.000863. The summed E-state index contributed by atoms with van der Waals surface area (Å²) in [5.41, 5.74) is 1.72. The molecule has 1 N–H and O–H groups in total. The average Bonchev–Trinajstić information content (AvgIpc) is 3.08. The van der Waals surface area contributed by atoms with E-state index in [1.807, 2.05) is 36.4 Å². The van der Waals surface area contributed by atoms with Crippen molar-refractivity contribution in [2.24, 2.45) is 0 Å². The van der Waals surface area contributed by atoms with Crippen molar-refractivity contribution in [2.75, 3.05) is 39.2 Å². The van der Waals surface area contributed by atoms with Gasteiger partial charge in [-0.25, -0.2) is 8.42 Å². The van der Waals surface area contributed by atoms with Crippen LogP contribution in [0.1, 0.15) is 11.1 Å². The fourth-order valence-electron chi connectivity index (χ4n) is 4.92. The molecule has 0 heterocycles. The Bertz CT molecular complexity index is 1700. The molecule has 0 saturated heterocycles. The van der Waals surface area contributed by atoms with Gasteiger partial charge in [0.2, 0.25) is 11.8 Å². The SMILES string of the molecule is CNC(=O)[C@@H](Cc1ccccc1)N(Cc1cccc(OC)c1)C(=O)CN(c1ccc(OC)c(OC)c1)S(=O)(=O)c1ccccc1. The van der Waals surface area contributed by atoms with Crippen LogP contribution in [0.5, 0.6) is 17.2 Å². The molecular formula is C34H37N3O7S. The van der Waals surface area contributed by atoms with E-state index in [0.717, 1.165) is 9.87 Å². The predicted molar refractivity (Wildman–Crippen MR) is 172 cm³/mol. The summed E-state index contributed by atoms with van der Waals surface area (Å²) in [6.07, 6.45) is 0.206. The summed E-state index contributed by atoms with van der Waals surface area (Å²) in [5, 5.41) is 2.68. The van der Waals surface area contributed by atoms with E-state index in [0.29, 0.717) is 17.1 Å². The molecule has 0 fully saturated rings. The molecule has 0 aliphatic carbocycles. The minimum Gasteiger partial charge on any atom is -0.497 e. The highest BCUT2D eigenvalue weighted by Crippen LogP contribution is 2.34. The van der Waals surface area contributed by atoms with Gasteiger partial charge >= 0.3 is 0 Å². The number of rotatable bonds is 14. The van der Waals surface area contributed by atoms with Gasteiger partial charge in [-0.1, -0.05) is 60.7 Å². The van der Waals surface area contributed by atoms with Crippen molar-refractivity contribution in [2.45, 2.75) is 23.9 Å². The Balaban J connectivity index is 1.82. The molecule has 0 bridgehead atoms. The second-order valence-electron chi connectivity index (χ2n) is 10.1. The molecule has 1 atom stereocenters. The van der Waals surface area contributed by atoms with Gasteiger partial charge in [-0.2, -0.15) is 0 Å². The van der Waals surface area contributed by atoms with Crippen LogP contribution >= 0.6 is 0 Å². The number of nitrogens with one attached hydrogen (secondary N) is 1. The molecule has 0 radical (unpaired) electrons. The first-order chi connectivity index (χ1) is 21.7. The van der Waals surface area contributed by atoms with Gasteiger partial charge < -0.3 is 24.4 Å². The number of ether oxygens (including phenoxy) is 3. The van der Waals surface area contributed by atoms with Gasteiger partial charge in [0, 0.05) is 26.1 Å². The van der Waals surface area contributed by atoms with Crippen LogP contribution in [0.25, 0.3) is 0 Å². The van der Waals surface area contributed by atoms with Crippen LogP contribution in [0.4, 0.5) is 5.69 Å². The third kappa shape index (κ3) is 7.93. The van der Waals surface area contributed by atoms with Crippen LogP contribution in [0.3, 0.4) is 0 Å². The van der Waals surface area contributed by atoms with Gasteiger partial charge in [-0.15, -0.1) is 0 Å². The van der Waals surface area contributed by atoms with Gasteiger partial charge in [0.25, 0.3) is 10.0 Å². The lowest BCUT2D eigenvalue weighted by atomic mass is 10.0. The van der Waals surface area contributed by atoms with Crippen LogP contribution in [-0.4, -0.2) is 66.1 Å². The smallest absolute Gasteiger partial charge is 0.264 e. The summed E-state index contributed by atoms with van der Waals surface area (Å²) in [5.74, 6) is 0.288. The van der Waals surface area contributed by atoms with E-state index in [2.05, 4.69) is 5.32 Å². The fourth-order valence-corrected chi connectivity index (χ4v) is 6.34. The number of carbonyl (C=O) groups is 2. The summed E-state index contributed by atoms with van der Waals surface area (Å²) in [6.45, 7) is -0.578. The first kappa shape index (κ1) is 32.9. The van der Waals surface area contributed by atoms with Crippen LogP contribution < -0.4 is 23.8 Å². The van der Waals surface area contributed by atoms with E-state index in [-0.39, 0.29) is 29.3 Å². The van der Waals surface area contributed by atoms with E-state index in [4.69, 9.17) is 14.2 Å². The monoisotopic (exact) mass is 631 g/mol. The predicted octanol–water partition coefficient (Wildman–Crippen LogP) is 4.29. The van der Waals surface area contributed by atoms with Gasteiger partial charge in [0.1, 0.15) is 18.3 Å². The Hall–Kier alpha value is -5.03. The molecule has 2 amide bonds. The first-order valence-corrected chi connectivity index (χ1v) is 15.6. The summed E-state index contributed by atoms with van der Waals surface area (Å²) in [6, 6.07) is 28.0. The molecular weight excluding hydrogens is 594 g/mol. The van der Waals surface area contributed by atoms with E-state index < -0.39 is 34.4 Å². The van der Waals surface area contributed by atoms with Gasteiger partial charge in [0.05, 0.1) is 31.9 Å². The lowest BCUT2D eigenvalue weighted by molar-refractivity contribution is -0.139. The third-order valence-corrected chi connectivity index (χ3v) is 9.06. The Morgan fingerprint density at radius 2 is 1.40 bits per heavy atom. The minimum atomic E-state index is -4.25. The second kappa shape index (κ2) is 15.1. The molecule has 11 heteroatoms. The second-order valence-corrected chi connectivity index (χ2v) is 11.9. The Kier molecular flexibility index (Phi) is 11.0. The summed E-state index contributed by atoms with van der Waals surface area (Å²) < 4.78 is 45.5. The number of anilines is 1. The highest BCUT2D eigenvalue weighted by molar-refractivity contribution is 7.92. The lowest BCUT2D eigenvalue weighted by Crippen LogP contribution is -2.53. The largest absolute Gasteiger partial charge is 0.497 e. The van der Waals surface area contributed by atoms with Crippen LogP contribution in [0.15, 0.2) is 108 Å². The molecule has 0 aromatic heterocycles. The molecule has 0 spiro atoms. The van der Waals surface area contributed by atoms with Crippen molar-refractivity contribution < 1.29 is 32.2 Å². The average molecular weight is 632 g/mol. The standard InChI is InChI=1S/C34H37N3O7S/c1-35-34(39)30(21-25-12-7-5-8-13-25)36(23-26-14-11-15-28(20-26)42-2)33(38)24-37(45(40,41)29-16-9-6-10-17-29)27-18-19-31(43-3)32(22-27)44-4/h5-20,22,30H,21,23-24H2,1-4H3,(H,35,39)/t30-/m1/s1. The van der Waals surface area contributed by atoms with Crippen LogP contribution in [0, 0.1) is 0 Å². The van der Waals surface area contributed by atoms with E-state index >= 15 is 0 Å². The van der Waals surface area contributed by atoms with Crippen molar-refractivity contribution in [3.8, 4) is 17.2 Å². The number of carbonyl (C=O) groups excluding carboxylic acids is 2. The number of nitrogens with zero attached hydrogens (tertiary/aromatic N) is 2. The molecule has 4 aromatic carbocycles. The van der Waals surface area contributed by atoms with Gasteiger partial charge in [-0.3, -0.25) is 13.9 Å². The number of hydrogen-bond acceptors (Lipinski definition) is 7. The van der Waals surface area contributed by atoms with Gasteiger partial charge in [-0.05, 0) is 47.5 Å². The van der Waals surface area contributed by atoms with Crippen molar-refractivity contribution in [1.29, 1.82) is 0 Å². The summed E-state index contributed by atoms with van der Waals surface area (Å²) in [7, 11) is 1.71. The Morgan fingerprint density at radius 3 is 2.02 bits per heavy atom. The zero-order chi connectivity index (χ0) is 32.4. The molecule has 4 aromatic rings. The number of amides is 2. The molecule has 0 saturated carbocycles. The first-order valence-electron chi connectivity index (χ1n) is 14.2. The summed E-state index contributed by atoms with van der Waals surface area (Å²) in [4.78, 5) is 29.3. The highest BCUT2D eigenvalue weighted by atomic mass is 32.2. The van der Waals surface area contributed by atoms with Crippen molar-refractivity contribution in [1.82, 2.24) is 10.2 Å². The fraction of sp³-hybridized carbons (Fsp3) is 0.235. The number of sulfonamides is 1. The number of benzene rings is 4. The maximum atomic E-state index is 14.4. The van der Waals surface area contributed by atoms with E-state index in [9.17, 15) is 18.0 Å². The Morgan fingerprint density at radius 1 is 0.756 bits per heavy atom. The highest BCUT2D eigenvalue weighted by Gasteiger charge is 2.34. The van der Waals surface area contributed by atoms with Crippen molar-refractivity contribution in [3.05, 3.63) is 114 Å². The Labute approximate surface area is 264 Å².